The Hall–Kier alpha value is -3.02. The maximum absolute atomic E-state index is 15.2. The van der Waals surface area contributed by atoms with Crippen molar-refractivity contribution >= 4 is 34.5 Å². The first kappa shape index (κ1) is 23.4. The molecule has 6 rings (SSSR count). The van der Waals surface area contributed by atoms with Crippen molar-refractivity contribution in [2.24, 2.45) is 0 Å². The number of hydrogen-bond donors (Lipinski definition) is 2. The van der Waals surface area contributed by atoms with Crippen LogP contribution >= 0.6 is 11.8 Å². The van der Waals surface area contributed by atoms with Crippen molar-refractivity contribution in [3.05, 3.63) is 41.7 Å². The summed E-state index contributed by atoms with van der Waals surface area (Å²) in [6.45, 7) is 2.82. The van der Waals surface area contributed by atoms with Gasteiger partial charge in [0.15, 0.2) is 0 Å². The first-order valence-electron chi connectivity index (χ1n) is 12.1. The average molecular weight is 511 g/mol. The fraction of sp³-hybridized carbons (Fsp3) is 0.440. The highest BCUT2D eigenvalue weighted by Gasteiger charge is 2.34. The predicted molar refractivity (Wildman–Crippen MR) is 134 cm³/mol. The van der Waals surface area contributed by atoms with E-state index in [1.165, 1.54) is 11.8 Å². The van der Waals surface area contributed by atoms with Gasteiger partial charge in [-0.3, -0.25) is 14.7 Å². The van der Waals surface area contributed by atoms with Gasteiger partial charge in [-0.15, -0.1) is 11.8 Å². The van der Waals surface area contributed by atoms with Crippen molar-refractivity contribution in [1.82, 2.24) is 25.2 Å². The number of rotatable bonds is 6. The molecule has 3 atom stereocenters. The van der Waals surface area contributed by atoms with Crippen molar-refractivity contribution in [2.75, 3.05) is 44.4 Å². The lowest BCUT2D eigenvalue weighted by molar-refractivity contribution is -0.113. The number of halogens is 1. The molecule has 3 aliphatic rings. The molecule has 3 aromatic rings. The maximum atomic E-state index is 15.2. The number of methoxy groups -OCH3 is 1. The number of piperidine rings is 1. The third-order valence-corrected chi connectivity index (χ3v) is 7.98. The lowest BCUT2D eigenvalue weighted by Gasteiger charge is -2.36. The molecule has 0 aliphatic carbocycles. The second kappa shape index (κ2) is 9.79. The molecule has 6 heterocycles. The van der Waals surface area contributed by atoms with Gasteiger partial charge in [0.2, 0.25) is 11.8 Å². The third-order valence-electron chi connectivity index (χ3n) is 6.93. The standard InChI is InChI=1S/C25H27FN6O3S/c1-34-22-5-3-18-24(31-22)23-14(12-35-19(23)9-28-18)10-32-7-6-17(16(26)11-32)27-8-15-2-4-20-25(29-15)30-21(33)13-36-20/h2-5,9,14,16-17,27H,6-8,10-13H2,1H3,(H,29,30,33). The molecule has 36 heavy (non-hydrogen) atoms. The molecule has 11 heteroatoms. The number of likely N-dealkylation sites (tertiary alicyclic amines) is 1. The van der Waals surface area contributed by atoms with Gasteiger partial charge in [-0.1, -0.05) is 0 Å². The average Bonchev–Trinajstić information content (AvgIpc) is 3.30. The van der Waals surface area contributed by atoms with E-state index in [-0.39, 0.29) is 17.9 Å². The molecule has 0 aromatic carbocycles. The fourth-order valence-electron chi connectivity index (χ4n) is 5.11. The second-order valence-corrected chi connectivity index (χ2v) is 10.3. The van der Waals surface area contributed by atoms with Crippen LogP contribution in [0.25, 0.3) is 11.0 Å². The van der Waals surface area contributed by atoms with Crippen LogP contribution in [0, 0.1) is 0 Å². The Morgan fingerprint density at radius 1 is 1.31 bits per heavy atom. The zero-order valence-electron chi connectivity index (χ0n) is 19.9. The number of nitrogens with one attached hydrogen (secondary N) is 2. The van der Waals surface area contributed by atoms with Crippen molar-refractivity contribution in [2.45, 2.75) is 36.0 Å². The van der Waals surface area contributed by atoms with Gasteiger partial charge in [0.1, 0.15) is 23.3 Å². The largest absolute Gasteiger partial charge is 0.491 e. The number of thioether (sulfide) groups is 1. The summed E-state index contributed by atoms with van der Waals surface area (Å²) in [6, 6.07) is 7.34. The molecule has 188 valence electrons. The molecular formula is C25H27FN6O3S. The van der Waals surface area contributed by atoms with E-state index in [2.05, 4.69) is 30.5 Å². The van der Waals surface area contributed by atoms with E-state index < -0.39 is 6.17 Å². The zero-order chi connectivity index (χ0) is 24.6. The maximum Gasteiger partial charge on any atom is 0.235 e. The Labute approximate surface area is 212 Å². The number of pyridine rings is 3. The molecule has 0 saturated carbocycles. The molecule has 1 fully saturated rings. The van der Waals surface area contributed by atoms with E-state index in [9.17, 15) is 4.79 Å². The van der Waals surface area contributed by atoms with E-state index in [1.807, 2.05) is 18.2 Å². The van der Waals surface area contributed by atoms with E-state index >= 15 is 4.39 Å². The Balaban J connectivity index is 1.08. The van der Waals surface area contributed by atoms with Crippen LogP contribution in [-0.2, 0) is 11.3 Å². The SMILES string of the molecule is COc1ccc2ncc3c(c2n1)C(CN1CCC(NCc2ccc4c(n2)NC(=O)CS4)C(F)C1)CO3. The summed E-state index contributed by atoms with van der Waals surface area (Å²) in [7, 11) is 1.59. The molecule has 3 aromatic heterocycles. The Morgan fingerprint density at radius 2 is 2.22 bits per heavy atom. The second-order valence-electron chi connectivity index (χ2n) is 9.30. The number of carbonyl (C=O) groups is 1. The lowest BCUT2D eigenvalue weighted by Crippen LogP contribution is -2.51. The molecule has 1 saturated heterocycles. The molecule has 9 nitrogen and oxygen atoms in total. The summed E-state index contributed by atoms with van der Waals surface area (Å²) < 4.78 is 26.4. The van der Waals surface area contributed by atoms with Gasteiger partial charge in [0.25, 0.3) is 0 Å². The Kier molecular flexibility index (Phi) is 6.36. The number of carbonyl (C=O) groups excluding carboxylic acids is 1. The zero-order valence-corrected chi connectivity index (χ0v) is 20.7. The topological polar surface area (TPSA) is 102 Å². The van der Waals surface area contributed by atoms with Crippen LogP contribution in [-0.4, -0.2) is 77.1 Å². The van der Waals surface area contributed by atoms with Gasteiger partial charge >= 0.3 is 0 Å². The Morgan fingerprint density at radius 3 is 3.08 bits per heavy atom. The Bertz CT molecular complexity index is 1310. The smallest absolute Gasteiger partial charge is 0.235 e. The van der Waals surface area contributed by atoms with Gasteiger partial charge < -0.3 is 20.1 Å². The number of aromatic nitrogens is 3. The van der Waals surface area contributed by atoms with Gasteiger partial charge in [0.05, 0.1) is 41.8 Å². The highest BCUT2D eigenvalue weighted by molar-refractivity contribution is 8.00. The van der Waals surface area contributed by atoms with E-state index in [4.69, 9.17) is 9.47 Å². The van der Waals surface area contributed by atoms with Crippen LogP contribution in [0.1, 0.15) is 23.6 Å². The van der Waals surface area contributed by atoms with E-state index in [1.54, 1.807) is 19.4 Å². The fourth-order valence-corrected chi connectivity index (χ4v) is 5.86. The number of nitrogens with zero attached hydrogens (tertiary/aromatic N) is 4. The predicted octanol–water partition coefficient (Wildman–Crippen LogP) is 2.76. The minimum Gasteiger partial charge on any atom is -0.491 e. The minimum absolute atomic E-state index is 0.0456. The minimum atomic E-state index is -0.999. The van der Waals surface area contributed by atoms with Gasteiger partial charge in [-0.05, 0) is 31.2 Å². The van der Waals surface area contributed by atoms with Gasteiger partial charge in [-0.25, -0.2) is 14.4 Å². The van der Waals surface area contributed by atoms with Crippen LogP contribution in [0.4, 0.5) is 10.2 Å². The molecular weight excluding hydrogens is 483 g/mol. The van der Waals surface area contributed by atoms with Crippen molar-refractivity contribution in [3.63, 3.8) is 0 Å². The number of fused-ring (bicyclic) bond motifs is 4. The van der Waals surface area contributed by atoms with Crippen LogP contribution < -0.4 is 20.1 Å². The molecule has 1 amide bonds. The quantitative estimate of drug-likeness (QED) is 0.518. The van der Waals surface area contributed by atoms with E-state index in [0.717, 1.165) is 39.5 Å². The number of amides is 1. The number of alkyl halides is 1. The first-order valence-corrected chi connectivity index (χ1v) is 13.0. The third kappa shape index (κ3) is 4.58. The molecule has 0 spiro atoms. The monoisotopic (exact) mass is 510 g/mol. The summed E-state index contributed by atoms with van der Waals surface area (Å²) in [5.74, 6) is 2.33. The van der Waals surface area contributed by atoms with Crippen molar-refractivity contribution < 1.29 is 18.7 Å². The summed E-state index contributed by atoms with van der Waals surface area (Å²) in [6.07, 6.45) is 1.45. The first-order chi connectivity index (χ1) is 17.6. The molecule has 0 radical (unpaired) electrons. The van der Waals surface area contributed by atoms with Gasteiger partial charge in [-0.2, -0.15) is 0 Å². The van der Waals surface area contributed by atoms with Crippen molar-refractivity contribution in [3.8, 4) is 11.6 Å². The summed E-state index contributed by atoms with van der Waals surface area (Å²) >= 11 is 1.48. The van der Waals surface area contributed by atoms with Crippen LogP contribution in [0.2, 0.25) is 0 Å². The molecule has 0 bridgehead atoms. The normalized spacial score (nSPS) is 23.6. The van der Waals surface area contributed by atoms with E-state index in [0.29, 0.717) is 50.1 Å². The summed E-state index contributed by atoms with van der Waals surface area (Å²) in [4.78, 5) is 28.4. The summed E-state index contributed by atoms with van der Waals surface area (Å²) in [5, 5.41) is 6.14. The summed E-state index contributed by atoms with van der Waals surface area (Å²) in [5.41, 5.74) is 3.40. The van der Waals surface area contributed by atoms with Crippen LogP contribution in [0.15, 0.2) is 35.4 Å². The molecule has 3 unspecified atom stereocenters. The highest BCUT2D eigenvalue weighted by Crippen LogP contribution is 2.39. The lowest BCUT2D eigenvalue weighted by atomic mass is 9.97. The number of anilines is 1. The van der Waals surface area contributed by atoms with Crippen molar-refractivity contribution in [1.29, 1.82) is 0 Å². The van der Waals surface area contributed by atoms with Gasteiger partial charge in [0, 0.05) is 43.2 Å². The van der Waals surface area contributed by atoms with Crippen LogP contribution in [0.5, 0.6) is 11.6 Å². The highest BCUT2D eigenvalue weighted by atomic mass is 32.2. The molecule has 3 aliphatic heterocycles. The number of hydrogen-bond acceptors (Lipinski definition) is 9. The molecule has 2 N–H and O–H groups in total. The van der Waals surface area contributed by atoms with Crippen LogP contribution in [0.3, 0.4) is 0 Å². The number of ether oxygens (including phenoxy) is 2.